The first-order valence-corrected chi connectivity index (χ1v) is 6.69. The van der Waals surface area contributed by atoms with Crippen molar-refractivity contribution in [3.05, 3.63) is 28.2 Å². The topological polar surface area (TPSA) is 44.8 Å². The van der Waals surface area contributed by atoms with Gasteiger partial charge in [0.15, 0.2) is 0 Å². The van der Waals surface area contributed by atoms with E-state index in [0.717, 1.165) is 15.8 Å². The Morgan fingerprint density at radius 2 is 2.39 bits per heavy atom. The second-order valence-electron chi connectivity index (χ2n) is 3.93. The average Bonchev–Trinajstić information content (AvgIpc) is 2.37. The van der Waals surface area contributed by atoms with Gasteiger partial charge in [-0.1, -0.05) is 15.9 Å². The van der Waals surface area contributed by atoms with Crippen LogP contribution in [-0.2, 0) is 14.3 Å². The third-order valence-electron chi connectivity index (χ3n) is 2.65. The van der Waals surface area contributed by atoms with Crippen LogP contribution in [0, 0.1) is 0 Å². The monoisotopic (exact) mass is 314 g/mol. The first kappa shape index (κ1) is 13.4. The van der Waals surface area contributed by atoms with E-state index in [0.29, 0.717) is 19.6 Å². The molecule has 5 heteroatoms. The highest BCUT2D eigenvalue weighted by Gasteiger charge is 2.25. The Morgan fingerprint density at radius 3 is 3.17 bits per heavy atom. The highest BCUT2D eigenvalue weighted by molar-refractivity contribution is 9.10. The number of carbonyl (C=O) groups is 1. The molecule has 0 saturated heterocycles. The maximum atomic E-state index is 11.6. The lowest BCUT2D eigenvalue weighted by molar-refractivity contribution is -0.156. The summed E-state index contributed by atoms with van der Waals surface area (Å²) in [6.45, 7) is 2.90. The number of hydrogen-bond acceptors (Lipinski definition) is 4. The highest BCUT2D eigenvalue weighted by atomic mass is 79.9. The fourth-order valence-corrected chi connectivity index (χ4v) is 2.21. The van der Waals surface area contributed by atoms with E-state index in [1.807, 2.05) is 25.1 Å². The van der Waals surface area contributed by atoms with E-state index in [4.69, 9.17) is 14.2 Å². The van der Waals surface area contributed by atoms with Gasteiger partial charge in [-0.15, -0.1) is 0 Å². The van der Waals surface area contributed by atoms with Crippen LogP contribution in [0.3, 0.4) is 0 Å². The molecule has 1 aliphatic rings. The Labute approximate surface area is 114 Å². The predicted molar refractivity (Wildman–Crippen MR) is 69.6 cm³/mol. The minimum atomic E-state index is -0.338. The predicted octanol–water partition coefficient (Wildman–Crippen LogP) is 2.85. The SMILES string of the molecule is CCOCC(=O)OC1CCOc2ccc(Br)cc21. The highest BCUT2D eigenvalue weighted by Crippen LogP contribution is 2.36. The molecule has 0 aliphatic carbocycles. The van der Waals surface area contributed by atoms with Crippen molar-refractivity contribution in [3.63, 3.8) is 0 Å². The summed E-state index contributed by atoms with van der Waals surface area (Å²) in [5, 5.41) is 0. The van der Waals surface area contributed by atoms with Gasteiger partial charge < -0.3 is 14.2 Å². The number of fused-ring (bicyclic) bond motifs is 1. The molecule has 1 heterocycles. The Morgan fingerprint density at radius 1 is 1.56 bits per heavy atom. The van der Waals surface area contributed by atoms with Crippen LogP contribution in [0.15, 0.2) is 22.7 Å². The van der Waals surface area contributed by atoms with Crippen LogP contribution < -0.4 is 4.74 Å². The number of hydrogen-bond donors (Lipinski definition) is 0. The van der Waals surface area contributed by atoms with E-state index in [2.05, 4.69) is 15.9 Å². The third-order valence-corrected chi connectivity index (χ3v) is 3.15. The molecule has 1 aromatic rings. The number of halogens is 1. The van der Waals surface area contributed by atoms with Crippen molar-refractivity contribution in [1.82, 2.24) is 0 Å². The quantitative estimate of drug-likeness (QED) is 0.802. The molecule has 0 N–H and O–H groups in total. The molecule has 1 aromatic carbocycles. The van der Waals surface area contributed by atoms with Gasteiger partial charge in [0.05, 0.1) is 6.61 Å². The fourth-order valence-electron chi connectivity index (χ4n) is 1.83. The van der Waals surface area contributed by atoms with Gasteiger partial charge in [-0.2, -0.15) is 0 Å². The summed E-state index contributed by atoms with van der Waals surface area (Å²) in [4.78, 5) is 11.6. The molecule has 4 nitrogen and oxygen atoms in total. The number of esters is 1. The van der Waals surface area contributed by atoms with Crippen molar-refractivity contribution in [1.29, 1.82) is 0 Å². The lowest BCUT2D eigenvalue weighted by Crippen LogP contribution is -2.21. The molecule has 0 saturated carbocycles. The molecule has 0 aromatic heterocycles. The summed E-state index contributed by atoms with van der Waals surface area (Å²) in [5.74, 6) is 0.438. The zero-order valence-corrected chi connectivity index (χ0v) is 11.7. The van der Waals surface area contributed by atoms with Gasteiger partial charge in [0.1, 0.15) is 18.5 Å². The smallest absolute Gasteiger partial charge is 0.332 e. The van der Waals surface area contributed by atoms with Crippen molar-refractivity contribution in [3.8, 4) is 5.75 Å². The van der Waals surface area contributed by atoms with Crippen LogP contribution in [0.25, 0.3) is 0 Å². The first-order valence-electron chi connectivity index (χ1n) is 5.90. The van der Waals surface area contributed by atoms with E-state index in [-0.39, 0.29) is 18.7 Å². The summed E-state index contributed by atoms with van der Waals surface area (Å²) < 4.78 is 16.9. The molecule has 98 valence electrons. The van der Waals surface area contributed by atoms with E-state index in [1.54, 1.807) is 0 Å². The molecule has 1 unspecified atom stereocenters. The lowest BCUT2D eigenvalue weighted by Gasteiger charge is -2.26. The summed E-state index contributed by atoms with van der Waals surface area (Å²) >= 11 is 3.41. The van der Waals surface area contributed by atoms with E-state index in [1.165, 1.54) is 0 Å². The molecule has 0 radical (unpaired) electrons. The number of carbonyl (C=O) groups excluding carboxylic acids is 1. The fraction of sp³-hybridized carbons (Fsp3) is 0.462. The van der Waals surface area contributed by atoms with Crippen molar-refractivity contribution < 1.29 is 19.0 Å². The van der Waals surface area contributed by atoms with Crippen molar-refractivity contribution >= 4 is 21.9 Å². The molecule has 18 heavy (non-hydrogen) atoms. The van der Waals surface area contributed by atoms with Crippen molar-refractivity contribution in [2.24, 2.45) is 0 Å². The largest absolute Gasteiger partial charge is 0.493 e. The van der Waals surface area contributed by atoms with E-state index < -0.39 is 0 Å². The van der Waals surface area contributed by atoms with Crippen LogP contribution in [-0.4, -0.2) is 25.8 Å². The van der Waals surface area contributed by atoms with Gasteiger partial charge >= 0.3 is 5.97 Å². The molecule has 0 spiro atoms. The van der Waals surface area contributed by atoms with Crippen molar-refractivity contribution in [2.45, 2.75) is 19.4 Å². The molecule has 0 fully saturated rings. The number of benzene rings is 1. The maximum absolute atomic E-state index is 11.6. The molecule has 1 aliphatic heterocycles. The third kappa shape index (κ3) is 3.23. The van der Waals surface area contributed by atoms with Crippen LogP contribution >= 0.6 is 15.9 Å². The molecule has 0 amide bonds. The molecule has 0 bridgehead atoms. The van der Waals surface area contributed by atoms with Gasteiger partial charge in [0, 0.05) is 23.1 Å². The van der Waals surface area contributed by atoms with Crippen LogP contribution in [0.1, 0.15) is 25.0 Å². The van der Waals surface area contributed by atoms with Crippen LogP contribution in [0.2, 0.25) is 0 Å². The molecule has 1 atom stereocenters. The summed E-state index contributed by atoms with van der Waals surface area (Å²) in [6.07, 6.45) is 0.417. The summed E-state index contributed by atoms with van der Waals surface area (Å²) in [6, 6.07) is 5.71. The van der Waals surface area contributed by atoms with Gasteiger partial charge in [0.25, 0.3) is 0 Å². The minimum Gasteiger partial charge on any atom is -0.493 e. The Kier molecular flexibility index (Phi) is 4.60. The summed E-state index contributed by atoms with van der Waals surface area (Å²) in [7, 11) is 0. The second-order valence-corrected chi connectivity index (χ2v) is 4.85. The van der Waals surface area contributed by atoms with E-state index >= 15 is 0 Å². The first-order chi connectivity index (χ1) is 8.70. The van der Waals surface area contributed by atoms with Gasteiger partial charge in [-0.3, -0.25) is 0 Å². The van der Waals surface area contributed by atoms with Gasteiger partial charge in [0.2, 0.25) is 0 Å². The standard InChI is InChI=1S/C13H15BrO4/c1-2-16-8-13(15)18-12-5-6-17-11-4-3-9(14)7-10(11)12/h3-4,7,12H,2,5-6,8H2,1H3. The molecular weight excluding hydrogens is 300 g/mol. The normalized spacial score (nSPS) is 17.8. The Hall–Kier alpha value is -1.07. The minimum absolute atomic E-state index is 0.00278. The zero-order chi connectivity index (χ0) is 13.0. The average molecular weight is 315 g/mol. The number of rotatable bonds is 4. The van der Waals surface area contributed by atoms with E-state index in [9.17, 15) is 4.79 Å². The molecule has 2 rings (SSSR count). The zero-order valence-electron chi connectivity index (χ0n) is 10.1. The molecular formula is C13H15BrO4. The Bertz CT molecular complexity index is 433. The van der Waals surface area contributed by atoms with Gasteiger partial charge in [-0.25, -0.2) is 4.79 Å². The van der Waals surface area contributed by atoms with Gasteiger partial charge in [-0.05, 0) is 25.1 Å². The summed E-state index contributed by atoms with van der Waals surface area (Å²) in [5.41, 5.74) is 0.903. The van der Waals surface area contributed by atoms with Crippen LogP contribution in [0.5, 0.6) is 5.75 Å². The number of ether oxygens (including phenoxy) is 3. The maximum Gasteiger partial charge on any atom is 0.332 e. The Balaban J connectivity index is 2.07. The van der Waals surface area contributed by atoms with Crippen molar-refractivity contribution in [2.75, 3.05) is 19.8 Å². The second kappa shape index (κ2) is 6.20. The lowest BCUT2D eigenvalue weighted by atomic mass is 10.0. The van der Waals surface area contributed by atoms with Crippen LogP contribution in [0.4, 0.5) is 0 Å².